The van der Waals surface area contributed by atoms with Gasteiger partial charge >= 0.3 is 0 Å². The van der Waals surface area contributed by atoms with Crippen molar-refractivity contribution in [2.45, 2.75) is 101 Å². The quantitative estimate of drug-likeness (QED) is 0.0796. The first kappa shape index (κ1) is 46.6. The molecule has 7 heterocycles. The maximum absolute atomic E-state index is 14.7. The summed E-state index contributed by atoms with van der Waals surface area (Å²) in [5.41, 5.74) is 5.99. The maximum atomic E-state index is 14.7. The number of pyridine rings is 1. The molecule has 0 unspecified atom stereocenters. The van der Waals surface area contributed by atoms with Crippen LogP contribution in [0.2, 0.25) is 0 Å². The molecule has 16 nitrogen and oxygen atoms in total. The zero-order valence-electron chi connectivity index (χ0n) is 40.1. The number of anilines is 4. The number of ether oxygens (including phenoxy) is 3. The van der Waals surface area contributed by atoms with Gasteiger partial charge in [-0.05, 0) is 135 Å². The zero-order chi connectivity index (χ0) is 48.1. The number of amides is 1. The number of piperidine rings is 1. The van der Waals surface area contributed by atoms with Crippen molar-refractivity contribution >= 4 is 55.4 Å². The van der Waals surface area contributed by atoms with E-state index in [2.05, 4.69) is 67.8 Å². The van der Waals surface area contributed by atoms with Gasteiger partial charge in [0.25, 0.3) is 21.6 Å². The second kappa shape index (κ2) is 19.1. The number of rotatable bonds is 12. The summed E-state index contributed by atoms with van der Waals surface area (Å²) >= 11 is 0. The van der Waals surface area contributed by atoms with Crippen molar-refractivity contribution in [3.05, 3.63) is 106 Å². The van der Waals surface area contributed by atoms with Gasteiger partial charge in [-0.2, -0.15) is 4.98 Å². The van der Waals surface area contributed by atoms with Crippen LogP contribution in [0.15, 0.2) is 83.9 Å². The Hall–Kier alpha value is -5.75. The maximum Gasteiger partial charge on any atom is 0.293 e. The first-order valence-electron chi connectivity index (χ1n) is 25.3. The molecule has 1 spiro atoms. The largest absolute Gasteiger partial charge is 0.470 e. The first-order chi connectivity index (χ1) is 33.9. The molecule has 5 aliphatic heterocycles. The molecular weight excluding hydrogens is 909 g/mol. The number of benzene rings is 3. The number of fused-ring (bicyclic) bond motifs is 3. The van der Waals surface area contributed by atoms with Gasteiger partial charge in [0.05, 0.1) is 27.7 Å². The van der Waals surface area contributed by atoms with Gasteiger partial charge in [0.2, 0.25) is 5.88 Å². The predicted molar refractivity (Wildman–Crippen MR) is 269 cm³/mol. The number of nitro groups is 1. The van der Waals surface area contributed by atoms with Crippen LogP contribution in [0.4, 0.5) is 28.4 Å². The van der Waals surface area contributed by atoms with E-state index in [0.29, 0.717) is 85.8 Å². The summed E-state index contributed by atoms with van der Waals surface area (Å²) in [5, 5.41) is 16.3. The van der Waals surface area contributed by atoms with Crippen LogP contribution in [-0.2, 0) is 19.5 Å². The van der Waals surface area contributed by atoms with E-state index in [0.717, 1.165) is 68.9 Å². The zero-order valence-corrected chi connectivity index (χ0v) is 40.9. The minimum absolute atomic E-state index is 0.0131. The number of nitro benzene ring substituents is 1. The highest BCUT2D eigenvalue weighted by Crippen LogP contribution is 2.54. The number of aromatic amines is 1. The lowest BCUT2D eigenvalue weighted by Gasteiger charge is -2.56. The summed E-state index contributed by atoms with van der Waals surface area (Å²) in [6, 6.07) is 23.4. The van der Waals surface area contributed by atoms with Crippen LogP contribution < -0.4 is 24.6 Å². The molecule has 4 saturated heterocycles. The van der Waals surface area contributed by atoms with E-state index < -0.39 is 26.5 Å². The number of hydrogen-bond acceptors (Lipinski definition) is 13. The Labute approximate surface area is 409 Å². The third-order valence-electron chi connectivity index (χ3n) is 16.3. The molecule has 3 N–H and O–H groups in total. The lowest BCUT2D eigenvalue weighted by molar-refractivity contribution is -0.384. The molecule has 3 aromatic carbocycles. The van der Waals surface area contributed by atoms with Gasteiger partial charge in [-0.25, -0.2) is 13.1 Å². The van der Waals surface area contributed by atoms with Gasteiger partial charge in [-0.15, -0.1) is 0 Å². The Morgan fingerprint density at radius 3 is 2.54 bits per heavy atom. The second-order valence-corrected chi connectivity index (χ2v) is 22.5. The molecule has 1 aliphatic carbocycles. The van der Waals surface area contributed by atoms with E-state index in [9.17, 15) is 23.3 Å². The molecule has 5 fully saturated rings. The third kappa shape index (κ3) is 9.09. The number of sulfonamides is 1. The molecular formula is C53H64N8O8S. The van der Waals surface area contributed by atoms with E-state index in [4.69, 9.17) is 19.2 Å². The fraction of sp³-hybridized carbons (Fsp3) is 0.509. The molecule has 2 aromatic heterocycles. The lowest BCUT2D eigenvalue weighted by Crippen LogP contribution is -2.55. The lowest BCUT2D eigenvalue weighted by atomic mass is 9.59. The van der Waals surface area contributed by atoms with Crippen molar-refractivity contribution in [3.8, 4) is 5.88 Å². The van der Waals surface area contributed by atoms with Crippen LogP contribution in [0.25, 0.3) is 11.0 Å². The average Bonchev–Trinajstić information content (AvgIpc) is 4.01. The van der Waals surface area contributed by atoms with Crippen molar-refractivity contribution in [2.75, 3.05) is 74.3 Å². The van der Waals surface area contributed by atoms with Crippen molar-refractivity contribution in [2.24, 2.45) is 17.3 Å². The number of nitrogens with one attached hydrogen (secondary N) is 3. The average molecular weight is 973 g/mol. The van der Waals surface area contributed by atoms with Crippen molar-refractivity contribution < 1.29 is 32.3 Å². The smallest absolute Gasteiger partial charge is 0.293 e. The summed E-state index contributed by atoms with van der Waals surface area (Å²) in [4.78, 5) is 41.4. The Bertz CT molecular complexity index is 2870. The van der Waals surface area contributed by atoms with Crippen LogP contribution in [0.3, 0.4) is 0 Å². The Kier molecular flexibility index (Phi) is 12.7. The monoisotopic (exact) mass is 972 g/mol. The van der Waals surface area contributed by atoms with Crippen LogP contribution in [0, 0.1) is 27.4 Å². The van der Waals surface area contributed by atoms with Crippen LogP contribution in [0.5, 0.6) is 5.88 Å². The topological polar surface area (TPSA) is 184 Å². The molecule has 0 bridgehead atoms. The van der Waals surface area contributed by atoms with Crippen molar-refractivity contribution in [1.82, 2.24) is 19.6 Å². The molecule has 11 rings (SSSR count). The number of H-pyrrole nitrogens is 1. The summed E-state index contributed by atoms with van der Waals surface area (Å²) in [5.74, 6) is 0.314. The summed E-state index contributed by atoms with van der Waals surface area (Å²) in [6.07, 6.45) is 10.9. The van der Waals surface area contributed by atoms with Gasteiger partial charge in [-0.1, -0.05) is 38.1 Å². The fourth-order valence-corrected chi connectivity index (χ4v) is 13.3. The molecule has 0 radical (unpaired) electrons. The number of carbonyl (C=O) groups is 1. The highest BCUT2D eigenvalue weighted by Gasteiger charge is 2.50. The van der Waals surface area contributed by atoms with E-state index >= 15 is 0 Å². The van der Waals surface area contributed by atoms with Crippen LogP contribution in [-0.4, -0.2) is 105 Å². The summed E-state index contributed by atoms with van der Waals surface area (Å²) in [6.45, 7) is 10.6. The Balaban J connectivity index is 0.873. The highest BCUT2D eigenvalue weighted by molar-refractivity contribution is 7.90. The molecule has 6 aliphatic rings. The minimum atomic E-state index is -4.59. The van der Waals surface area contributed by atoms with E-state index in [-0.39, 0.29) is 34.1 Å². The fourth-order valence-electron chi connectivity index (χ4n) is 12.3. The Morgan fingerprint density at radius 2 is 1.74 bits per heavy atom. The molecule has 3 atom stereocenters. The standard InChI is InChI=1S/C53H64N8O8S/c1-34(2)41-6-3-4-7-42(41)45-8-5-20-59(45)39-29-53(30-39)17-21-58(22-18-53)38-9-11-43(46(27-38)60-32-37-16-25-68-33-49(37)69-52-48(60)26-36-13-19-54-50(36)56-52)51(62)57-70(65,66)40-10-12-44(47(28-40)61(63)64)55-31-35-14-23-67-24-15-35/h3-4,6-7,9-13,19,26-28,34-35,37,39,45,49,55H,5,8,14-18,20-25,29-33H2,1-2H3,(H,54,56)(H,57,62)/t37-,45+,49+/m1/s1. The number of hydrogen-bond donors (Lipinski definition) is 3. The Morgan fingerprint density at radius 1 is 0.943 bits per heavy atom. The van der Waals surface area contributed by atoms with Crippen molar-refractivity contribution in [1.29, 1.82) is 0 Å². The van der Waals surface area contributed by atoms with Gasteiger partial charge in [0.15, 0.2) is 0 Å². The summed E-state index contributed by atoms with van der Waals surface area (Å²) in [7, 11) is -4.59. The normalized spacial score (nSPS) is 23.1. The van der Waals surface area contributed by atoms with Gasteiger partial charge in [0, 0.05) is 87.3 Å². The predicted octanol–water partition coefficient (Wildman–Crippen LogP) is 9.07. The van der Waals surface area contributed by atoms with E-state index in [1.54, 1.807) is 6.07 Å². The third-order valence-corrected chi connectivity index (χ3v) is 17.6. The molecule has 70 heavy (non-hydrogen) atoms. The minimum Gasteiger partial charge on any atom is -0.470 e. The van der Waals surface area contributed by atoms with Gasteiger partial charge in [0.1, 0.15) is 23.1 Å². The van der Waals surface area contributed by atoms with Crippen molar-refractivity contribution in [3.63, 3.8) is 0 Å². The van der Waals surface area contributed by atoms with Gasteiger partial charge < -0.3 is 34.3 Å². The molecule has 17 heteroatoms. The van der Waals surface area contributed by atoms with Crippen LogP contribution >= 0.6 is 0 Å². The number of aromatic nitrogens is 2. The molecule has 370 valence electrons. The molecule has 1 amide bonds. The molecule has 5 aromatic rings. The molecule has 1 saturated carbocycles. The number of nitrogens with zero attached hydrogens (tertiary/aromatic N) is 5. The number of likely N-dealkylation sites (tertiary alicyclic amines) is 1. The van der Waals surface area contributed by atoms with E-state index in [1.165, 1.54) is 48.9 Å². The highest BCUT2D eigenvalue weighted by atomic mass is 32.2. The summed E-state index contributed by atoms with van der Waals surface area (Å²) < 4.78 is 48.5. The second-order valence-electron chi connectivity index (χ2n) is 20.9. The van der Waals surface area contributed by atoms with Gasteiger partial charge in [-0.3, -0.25) is 19.8 Å². The number of carbonyl (C=O) groups excluding carboxylic acids is 1. The van der Waals surface area contributed by atoms with E-state index in [1.807, 2.05) is 30.5 Å². The SMILES string of the molecule is CC(C)c1ccccc1[C@@H]1CCCN1C1CC2(CCN(c3ccc(C(=O)NS(=O)(=O)c4ccc(NCC5CCOCC5)c([N+](=O)[O-])c4)c(N4C[C@H]5CCOC[C@@H]5Oc5nc6[nH]ccc6cc54)c3)CC2)C1. The van der Waals surface area contributed by atoms with Crippen LogP contribution in [0.1, 0.15) is 105 Å². The first-order valence-corrected chi connectivity index (χ1v) is 26.8.